The Hall–Kier alpha value is -2.07. The number of thioether (sulfide) groups is 1. The number of amides is 1. The molecule has 7 heteroatoms. The monoisotopic (exact) mass is 375 g/mol. The maximum atomic E-state index is 12.3. The van der Waals surface area contributed by atoms with Crippen molar-refractivity contribution in [3.8, 4) is 6.07 Å². The van der Waals surface area contributed by atoms with Crippen molar-refractivity contribution in [1.29, 1.82) is 5.26 Å². The van der Waals surface area contributed by atoms with Gasteiger partial charge < -0.3 is 10.1 Å². The molecule has 1 aliphatic carbocycles. The summed E-state index contributed by atoms with van der Waals surface area (Å²) in [5, 5.41) is 12.9. The van der Waals surface area contributed by atoms with E-state index in [-0.39, 0.29) is 35.4 Å². The van der Waals surface area contributed by atoms with Crippen molar-refractivity contribution in [3.63, 3.8) is 0 Å². The molecule has 1 amide bonds. The standard InChI is InChI=1S/C19H25N3O3S/c1-4-25-19(24)15-9-14(10-20)18(21-13(15)3)26-11-17(23)22-16-8-6-5-7-12(16)2/h9,12,16H,4-8,11H2,1-3H3,(H,22,23)/t12-,16-/m0/s1. The van der Waals surface area contributed by atoms with Crippen molar-refractivity contribution in [1.82, 2.24) is 10.3 Å². The summed E-state index contributed by atoms with van der Waals surface area (Å²) in [6, 6.07) is 3.77. The molecule has 0 spiro atoms. The van der Waals surface area contributed by atoms with Crippen LogP contribution in [0.3, 0.4) is 0 Å². The summed E-state index contributed by atoms with van der Waals surface area (Å²) in [7, 11) is 0. The average molecular weight is 375 g/mol. The van der Waals surface area contributed by atoms with E-state index in [1.54, 1.807) is 13.8 Å². The fourth-order valence-corrected chi connectivity index (χ4v) is 3.91. The van der Waals surface area contributed by atoms with Crippen LogP contribution in [0.4, 0.5) is 0 Å². The lowest BCUT2D eigenvalue weighted by Gasteiger charge is -2.29. The highest BCUT2D eigenvalue weighted by atomic mass is 32.2. The Labute approximate surface area is 158 Å². The van der Waals surface area contributed by atoms with Crippen LogP contribution >= 0.6 is 11.8 Å². The molecule has 0 aliphatic heterocycles. The summed E-state index contributed by atoms with van der Waals surface area (Å²) in [5.74, 6) is 0.154. The molecule has 1 aromatic rings. The predicted molar refractivity (Wildman–Crippen MR) is 99.9 cm³/mol. The molecule has 1 heterocycles. The second kappa shape index (κ2) is 9.58. The molecule has 1 fully saturated rings. The summed E-state index contributed by atoms with van der Waals surface area (Å²) in [5.41, 5.74) is 1.06. The summed E-state index contributed by atoms with van der Waals surface area (Å²) >= 11 is 1.22. The molecule has 26 heavy (non-hydrogen) atoms. The van der Waals surface area contributed by atoms with Gasteiger partial charge in [-0.2, -0.15) is 5.26 Å². The molecule has 1 aromatic heterocycles. The van der Waals surface area contributed by atoms with Crippen molar-refractivity contribution in [2.45, 2.75) is 57.5 Å². The average Bonchev–Trinajstić information content (AvgIpc) is 2.62. The minimum Gasteiger partial charge on any atom is -0.462 e. The second-order valence-electron chi connectivity index (χ2n) is 6.53. The second-order valence-corrected chi connectivity index (χ2v) is 7.49. The van der Waals surface area contributed by atoms with Gasteiger partial charge in [-0.3, -0.25) is 4.79 Å². The summed E-state index contributed by atoms with van der Waals surface area (Å²) in [4.78, 5) is 28.5. The van der Waals surface area contributed by atoms with E-state index in [4.69, 9.17) is 4.74 Å². The van der Waals surface area contributed by atoms with Gasteiger partial charge in [-0.15, -0.1) is 0 Å². The summed E-state index contributed by atoms with van der Waals surface area (Å²) < 4.78 is 4.98. The van der Waals surface area contributed by atoms with E-state index in [2.05, 4.69) is 17.2 Å². The van der Waals surface area contributed by atoms with Gasteiger partial charge in [0.2, 0.25) is 5.91 Å². The lowest BCUT2D eigenvalue weighted by molar-refractivity contribution is -0.119. The molecular formula is C19H25N3O3S. The zero-order valence-corrected chi connectivity index (χ0v) is 16.3. The smallest absolute Gasteiger partial charge is 0.340 e. The van der Waals surface area contributed by atoms with Crippen LogP contribution in [-0.4, -0.2) is 35.3 Å². The Bertz CT molecular complexity index is 715. The molecule has 6 nitrogen and oxygen atoms in total. The molecule has 2 atom stereocenters. The number of pyridine rings is 1. The molecule has 140 valence electrons. The van der Waals surface area contributed by atoms with Crippen LogP contribution in [0, 0.1) is 24.2 Å². The SMILES string of the molecule is CCOC(=O)c1cc(C#N)c(SCC(=O)N[C@H]2CCCC[C@@H]2C)nc1C. The van der Waals surface area contributed by atoms with Crippen LogP contribution in [0.25, 0.3) is 0 Å². The zero-order chi connectivity index (χ0) is 19.1. The highest BCUT2D eigenvalue weighted by molar-refractivity contribution is 8.00. The van der Waals surface area contributed by atoms with E-state index in [1.165, 1.54) is 24.2 Å². The van der Waals surface area contributed by atoms with Gasteiger partial charge in [0.25, 0.3) is 0 Å². The van der Waals surface area contributed by atoms with E-state index in [9.17, 15) is 14.9 Å². The van der Waals surface area contributed by atoms with E-state index < -0.39 is 5.97 Å². The summed E-state index contributed by atoms with van der Waals surface area (Å²) in [6.07, 6.45) is 4.54. The molecule has 1 saturated carbocycles. The van der Waals surface area contributed by atoms with Crippen molar-refractivity contribution >= 4 is 23.6 Å². The van der Waals surface area contributed by atoms with Gasteiger partial charge in [0.05, 0.1) is 29.2 Å². The maximum Gasteiger partial charge on any atom is 0.340 e. The van der Waals surface area contributed by atoms with E-state index in [1.807, 2.05) is 6.07 Å². The molecule has 1 N–H and O–H groups in total. The Morgan fingerprint density at radius 3 is 2.81 bits per heavy atom. The summed E-state index contributed by atoms with van der Waals surface area (Å²) in [6.45, 7) is 5.85. The maximum absolute atomic E-state index is 12.3. The van der Waals surface area contributed by atoms with Crippen LogP contribution < -0.4 is 5.32 Å². The number of carbonyl (C=O) groups excluding carboxylic acids is 2. The molecule has 0 saturated heterocycles. The topological polar surface area (TPSA) is 92.1 Å². The number of nitrogens with zero attached hydrogens (tertiary/aromatic N) is 2. The third-order valence-corrected chi connectivity index (χ3v) is 5.58. The highest BCUT2D eigenvalue weighted by Crippen LogP contribution is 2.25. The van der Waals surface area contributed by atoms with E-state index in [0.29, 0.717) is 16.6 Å². The molecule has 1 aliphatic rings. The molecular weight excluding hydrogens is 350 g/mol. The van der Waals surface area contributed by atoms with Gasteiger partial charge in [0, 0.05) is 6.04 Å². The van der Waals surface area contributed by atoms with Crippen LogP contribution in [0.1, 0.15) is 61.1 Å². The minimum absolute atomic E-state index is 0.0495. The van der Waals surface area contributed by atoms with Gasteiger partial charge in [0.1, 0.15) is 11.1 Å². The number of nitriles is 1. The van der Waals surface area contributed by atoms with Gasteiger partial charge in [-0.05, 0) is 38.7 Å². The van der Waals surface area contributed by atoms with Crippen molar-refractivity contribution in [2.75, 3.05) is 12.4 Å². The third kappa shape index (κ3) is 5.21. The Morgan fingerprint density at radius 2 is 2.15 bits per heavy atom. The Balaban J connectivity index is 2.02. The lowest BCUT2D eigenvalue weighted by atomic mass is 9.86. The largest absolute Gasteiger partial charge is 0.462 e. The normalized spacial score (nSPS) is 19.5. The van der Waals surface area contributed by atoms with Crippen LogP contribution in [0.2, 0.25) is 0 Å². The number of nitrogens with one attached hydrogen (secondary N) is 1. The number of esters is 1. The first-order valence-electron chi connectivity index (χ1n) is 8.97. The van der Waals surface area contributed by atoms with E-state index in [0.717, 1.165) is 19.3 Å². The first kappa shape index (κ1) is 20.2. The fourth-order valence-electron chi connectivity index (χ4n) is 3.10. The number of hydrogen-bond donors (Lipinski definition) is 1. The Morgan fingerprint density at radius 1 is 1.42 bits per heavy atom. The number of hydrogen-bond acceptors (Lipinski definition) is 6. The number of aryl methyl sites for hydroxylation is 1. The number of carbonyl (C=O) groups is 2. The van der Waals surface area contributed by atoms with Crippen LogP contribution in [0.15, 0.2) is 11.1 Å². The number of ether oxygens (including phenoxy) is 1. The predicted octanol–water partition coefficient (Wildman–Crippen LogP) is 3.23. The minimum atomic E-state index is -0.491. The number of aromatic nitrogens is 1. The molecule has 0 aromatic carbocycles. The van der Waals surface area contributed by atoms with Gasteiger partial charge in [-0.25, -0.2) is 9.78 Å². The fraction of sp³-hybridized carbons (Fsp3) is 0.579. The first-order chi connectivity index (χ1) is 12.5. The van der Waals surface area contributed by atoms with Gasteiger partial charge in [-0.1, -0.05) is 31.5 Å². The molecule has 0 unspecified atom stereocenters. The molecule has 0 radical (unpaired) electrons. The van der Waals surface area contributed by atoms with E-state index >= 15 is 0 Å². The Kier molecular flexibility index (Phi) is 7.46. The van der Waals surface area contributed by atoms with Crippen molar-refractivity contribution in [3.05, 3.63) is 22.9 Å². The third-order valence-electron chi connectivity index (χ3n) is 4.59. The van der Waals surface area contributed by atoms with Crippen molar-refractivity contribution < 1.29 is 14.3 Å². The van der Waals surface area contributed by atoms with Crippen LogP contribution in [-0.2, 0) is 9.53 Å². The number of rotatable bonds is 6. The lowest BCUT2D eigenvalue weighted by Crippen LogP contribution is -2.41. The van der Waals surface area contributed by atoms with Crippen molar-refractivity contribution in [2.24, 2.45) is 5.92 Å². The molecule has 2 rings (SSSR count). The quantitative estimate of drug-likeness (QED) is 0.606. The molecule has 0 bridgehead atoms. The van der Waals surface area contributed by atoms with Crippen LogP contribution in [0.5, 0.6) is 0 Å². The highest BCUT2D eigenvalue weighted by Gasteiger charge is 2.23. The zero-order valence-electron chi connectivity index (χ0n) is 15.5. The first-order valence-corrected chi connectivity index (χ1v) is 9.95. The van der Waals surface area contributed by atoms with Gasteiger partial charge in [0.15, 0.2) is 0 Å². The van der Waals surface area contributed by atoms with Gasteiger partial charge >= 0.3 is 5.97 Å².